The molecular weight excluding hydrogens is 214 g/mol. The highest BCUT2D eigenvalue weighted by Crippen LogP contribution is 2.16. The summed E-state index contributed by atoms with van der Waals surface area (Å²) in [5.74, 6) is 0. The van der Waals surface area contributed by atoms with Crippen LogP contribution in [-0.2, 0) is 9.84 Å². The van der Waals surface area contributed by atoms with Gasteiger partial charge in [-0.3, -0.25) is 0 Å². The standard InChI is InChI=1S/C10H15NO3S/c1-15(13,14)9-4-2-8(3-5-9)10(11)6-7-12/h2-5,10,12H,6-7,11H2,1H3/t10-/m0/s1. The summed E-state index contributed by atoms with van der Waals surface area (Å²) in [5, 5.41) is 8.71. The summed E-state index contributed by atoms with van der Waals surface area (Å²) in [6.07, 6.45) is 1.63. The number of hydrogen-bond donors (Lipinski definition) is 2. The van der Waals surface area contributed by atoms with Crippen LogP contribution in [0.3, 0.4) is 0 Å². The van der Waals surface area contributed by atoms with Crippen LogP contribution < -0.4 is 5.73 Å². The molecule has 1 rings (SSSR count). The van der Waals surface area contributed by atoms with Crippen LogP contribution in [0.2, 0.25) is 0 Å². The molecule has 1 aromatic rings. The maximum atomic E-state index is 11.2. The zero-order valence-corrected chi connectivity index (χ0v) is 9.37. The number of benzene rings is 1. The number of rotatable bonds is 4. The molecule has 0 aliphatic carbocycles. The second kappa shape index (κ2) is 4.74. The van der Waals surface area contributed by atoms with E-state index in [0.717, 1.165) is 11.8 Å². The summed E-state index contributed by atoms with van der Waals surface area (Å²) in [4.78, 5) is 0.280. The van der Waals surface area contributed by atoms with Gasteiger partial charge in [-0.15, -0.1) is 0 Å². The third-order valence-corrected chi connectivity index (χ3v) is 3.30. The normalized spacial score (nSPS) is 13.8. The highest BCUT2D eigenvalue weighted by atomic mass is 32.2. The first-order chi connectivity index (χ1) is 6.95. The molecule has 84 valence electrons. The number of nitrogens with two attached hydrogens (primary N) is 1. The molecule has 3 N–H and O–H groups in total. The molecule has 4 nitrogen and oxygen atoms in total. The summed E-state index contributed by atoms with van der Waals surface area (Å²) in [7, 11) is -3.15. The van der Waals surface area contributed by atoms with E-state index in [1.165, 1.54) is 12.1 Å². The SMILES string of the molecule is CS(=O)(=O)c1ccc([C@@H](N)CCO)cc1. The smallest absolute Gasteiger partial charge is 0.175 e. The molecule has 5 heteroatoms. The van der Waals surface area contributed by atoms with Crippen LogP contribution in [-0.4, -0.2) is 26.4 Å². The molecule has 0 amide bonds. The van der Waals surface area contributed by atoms with E-state index in [0.29, 0.717) is 6.42 Å². The van der Waals surface area contributed by atoms with Gasteiger partial charge in [0.15, 0.2) is 9.84 Å². The molecule has 15 heavy (non-hydrogen) atoms. The van der Waals surface area contributed by atoms with Gasteiger partial charge < -0.3 is 10.8 Å². The van der Waals surface area contributed by atoms with Gasteiger partial charge in [-0.1, -0.05) is 12.1 Å². The van der Waals surface area contributed by atoms with Crippen molar-refractivity contribution in [2.45, 2.75) is 17.4 Å². The zero-order valence-electron chi connectivity index (χ0n) is 8.55. The molecule has 1 atom stereocenters. The van der Waals surface area contributed by atoms with Crippen molar-refractivity contribution in [2.24, 2.45) is 5.73 Å². The Labute approximate surface area is 89.7 Å². The molecule has 0 spiro atoms. The molecule has 0 bridgehead atoms. The van der Waals surface area contributed by atoms with Crippen molar-refractivity contribution in [3.05, 3.63) is 29.8 Å². The lowest BCUT2D eigenvalue weighted by Crippen LogP contribution is -2.12. The Bertz CT molecular complexity index is 411. The highest BCUT2D eigenvalue weighted by Gasteiger charge is 2.09. The maximum absolute atomic E-state index is 11.2. The summed E-state index contributed by atoms with van der Waals surface area (Å²) in [6.45, 7) is 0.0228. The monoisotopic (exact) mass is 229 g/mol. The van der Waals surface area contributed by atoms with Gasteiger partial charge >= 0.3 is 0 Å². The Morgan fingerprint density at radius 2 is 1.87 bits per heavy atom. The molecule has 0 radical (unpaired) electrons. The first kappa shape index (κ1) is 12.2. The Hall–Kier alpha value is -0.910. The number of sulfone groups is 1. The number of aliphatic hydroxyl groups is 1. The van der Waals surface area contributed by atoms with Crippen LogP contribution >= 0.6 is 0 Å². The van der Waals surface area contributed by atoms with E-state index in [1.807, 2.05) is 0 Å². The summed E-state index contributed by atoms with van der Waals surface area (Å²) in [5.41, 5.74) is 6.59. The van der Waals surface area contributed by atoms with Crippen LogP contribution in [0.1, 0.15) is 18.0 Å². The molecule has 0 saturated carbocycles. The van der Waals surface area contributed by atoms with Gasteiger partial charge in [-0.05, 0) is 24.1 Å². The second-order valence-corrected chi connectivity index (χ2v) is 5.48. The van der Waals surface area contributed by atoms with Gasteiger partial charge in [0.05, 0.1) is 4.90 Å². The van der Waals surface area contributed by atoms with Crippen LogP contribution in [0.15, 0.2) is 29.2 Å². The predicted octanol–water partition coefficient (Wildman–Crippen LogP) is 0.472. The van der Waals surface area contributed by atoms with E-state index in [1.54, 1.807) is 12.1 Å². The van der Waals surface area contributed by atoms with Gasteiger partial charge in [0.1, 0.15) is 0 Å². The predicted molar refractivity (Wildman–Crippen MR) is 58.2 cm³/mol. The van der Waals surface area contributed by atoms with Crippen molar-refractivity contribution < 1.29 is 13.5 Å². The van der Waals surface area contributed by atoms with Crippen molar-refractivity contribution in [1.82, 2.24) is 0 Å². The van der Waals surface area contributed by atoms with Crippen LogP contribution in [0, 0.1) is 0 Å². The van der Waals surface area contributed by atoms with E-state index in [9.17, 15) is 8.42 Å². The zero-order chi connectivity index (χ0) is 11.5. The fourth-order valence-corrected chi connectivity index (χ4v) is 1.90. The highest BCUT2D eigenvalue weighted by molar-refractivity contribution is 7.90. The van der Waals surface area contributed by atoms with Gasteiger partial charge in [0, 0.05) is 18.9 Å². The molecule has 0 unspecified atom stereocenters. The third kappa shape index (κ3) is 3.30. The van der Waals surface area contributed by atoms with E-state index in [-0.39, 0.29) is 17.5 Å². The average Bonchev–Trinajstić information content (AvgIpc) is 2.17. The van der Waals surface area contributed by atoms with Crippen molar-refractivity contribution in [3.63, 3.8) is 0 Å². The number of aliphatic hydroxyl groups excluding tert-OH is 1. The van der Waals surface area contributed by atoms with Gasteiger partial charge in [0.25, 0.3) is 0 Å². The summed E-state index contributed by atoms with van der Waals surface area (Å²) < 4.78 is 22.3. The van der Waals surface area contributed by atoms with E-state index in [2.05, 4.69) is 0 Å². The lowest BCUT2D eigenvalue weighted by Gasteiger charge is -2.10. The van der Waals surface area contributed by atoms with E-state index in [4.69, 9.17) is 10.8 Å². The first-order valence-corrected chi connectivity index (χ1v) is 6.50. The maximum Gasteiger partial charge on any atom is 0.175 e. The molecule has 0 aliphatic rings. The van der Waals surface area contributed by atoms with Gasteiger partial charge in [-0.2, -0.15) is 0 Å². The Balaban J connectivity index is 2.90. The molecule has 0 heterocycles. The molecule has 0 fully saturated rings. The Kier molecular flexibility index (Phi) is 3.84. The molecule has 0 aromatic heterocycles. The van der Waals surface area contributed by atoms with Gasteiger partial charge in [0.2, 0.25) is 0 Å². The molecule has 0 saturated heterocycles. The number of hydrogen-bond acceptors (Lipinski definition) is 4. The molecule has 0 aliphatic heterocycles. The van der Waals surface area contributed by atoms with Crippen molar-refractivity contribution >= 4 is 9.84 Å². The lowest BCUT2D eigenvalue weighted by atomic mass is 10.1. The van der Waals surface area contributed by atoms with Crippen LogP contribution in [0.25, 0.3) is 0 Å². The van der Waals surface area contributed by atoms with E-state index >= 15 is 0 Å². The summed E-state index contributed by atoms with van der Waals surface area (Å²) >= 11 is 0. The van der Waals surface area contributed by atoms with Crippen LogP contribution in [0.5, 0.6) is 0 Å². The fourth-order valence-electron chi connectivity index (χ4n) is 1.27. The molecular formula is C10H15NO3S. The Morgan fingerprint density at radius 1 is 1.33 bits per heavy atom. The Morgan fingerprint density at radius 3 is 2.27 bits per heavy atom. The average molecular weight is 229 g/mol. The van der Waals surface area contributed by atoms with Crippen molar-refractivity contribution in [3.8, 4) is 0 Å². The second-order valence-electron chi connectivity index (χ2n) is 3.46. The van der Waals surface area contributed by atoms with Crippen molar-refractivity contribution in [1.29, 1.82) is 0 Å². The van der Waals surface area contributed by atoms with Gasteiger partial charge in [-0.25, -0.2) is 8.42 Å². The topological polar surface area (TPSA) is 80.4 Å². The lowest BCUT2D eigenvalue weighted by molar-refractivity contribution is 0.276. The fraction of sp³-hybridized carbons (Fsp3) is 0.400. The summed E-state index contributed by atoms with van der Waals surface area (Å²) in [6, 6.07) is 6.17. The first-order valence-electron chi connectivity index (χ1n) is 4.61. The minimum Gasteiger partial charge on any atom is -0.396 e. The van der Waals surface area contributed by atoms with E-state index < -0.39 is 9.84 Å². The van der Waals surface area contributed by atoms with Crippen LogP contribution in [0.4, 0.5) is 0 Å². The minimum atomic E-state index is -3.15. The largest absolute Gasteiger partial charge is 0.396 e. The van der Waals surface area contributed by atoms with Crippen molar-refractivity contribution in [2.75, 3.05) is 12.9 Å². The molecule has 1 aromatic carbocycles. The third-order valence-electron chi connectivity index (χ3n) is 2.18. The quantitative estimate of drug-likeness (QED) is 0.786. The minimum absolute atomic E-state index is 0.0228.